The molecule has 1 atom stereocenters. The highest BCUT2D eigenvalue weighted by molar-refractivity contribution is 5.83. The number of carboxylic acid groups (broad SMARTS) is 1. The summed E-state index contributed by atoms with van der Waals surface area (Å²) in [6, 6.07) is -1.13. The first-order valence-corrected chi connectivity index (χ1v) is 5.10. The molecule has 9 nitrogen and oxygen atoms in total. The van der Waals surface area contributed by atoms with Crippen LogP contribution in [0, 0.1) is 10.1 Å². The molecular weight excluding hydrogens is 244 g/mol. The fourth-order valence-electron chi connectivity index (χ4n) is 1.28. The standard InChI is InChI=1S/C9H12N4O5/c14-8(1-2-13(17)18)12-7(9(15)16)3-6-4-10-5-11-6/h4-5,7H,1-3H2,(H,10,11)(H,12,14)(H,15,16)/t7-/m0/s1. The molecule has 0 bridgehead atoms. The number of carbonyl (C=O) groups is 2. The van der Waals surface area contributed by atoms with Gasteiger partial charge in [-0.1, -0.05) is 0 Å². The Labute approximate surface area is 101 Å². The summed E-state index contributed by atoms with van der Waals surface area (Å²) in [5.74, 6) is -1.88. The van der Waals surface area contributed by atoms with E-state index in [4.69, 9.17) is 5.11 Å². The molecule has 0 saturated heterocycles. The van der Waals surface area contributed by atoms with E-state index in [1.54, 1.807) is 0 Å². The Morgan fingerprint density at radius 2 is 2.33 bits per heavy atom. The van der Waals surface area contributed by atoms with E-state index >= 15 is 0 Å². The van der Waals surface area contributed by atoms with Crippen LogP contribution in [0.25, 0.3) is 0 Å². The molecule has 0 aliphatic rings. The van der Waals surface area contributed by atoms with Crippen molar-refractivity contribution in [3.63, 3.8) is 0 Å². The molecule has 1 aromatic rings. The molecule has 0 aliphatic heterocycles. The fraction of sp³-hybridized carbons (Fsp3) is 0.444. The van der Waals surface area contributed by atoms with Gasteiger partial charge < -0.3 is 15.4 Å². The van der Waals surface area contributed by atoms with Gasteiger partial charge in [-0.15, -0.1) is 0 Å². The molecule has 3 N–H and O–H groups in total. The molecule has 9 heteroatoms. The number of aromatic amines is 1. The monoisotopic (exact) mass is 256 g/mol. The van der Waals surface area contributed by atoms with Crippen molar-refractivity contribution in [2.45, 2.75) is 18.9 Å². The second-order valence-corrected chi connectivity index (χ2v) is 3.55. The van der Waals surface area contributed by atoms with Crippen molar-refractivity contribution in [3.8, 4) is 0 Å². The molecule has 1 amide bonds. The normalized spacial score (nSPS) is 11.8. The summed E-state index contributed by atoms with van der Waals surface area (Å²) in [4.78, 5) is 38.1. The van der Waals surface area contributed by atoms with Crippen molar-refractivity contribution in [3.05, 3.63) is 28.3 Å². The summed E-state index contributed by atoms with van der Waals surface area (Å²) in [7, 11) is 0. The summed E-state index contributed by atoms with van der Waals surface area (Å²) < 4.78 is 0. The molecule has 98 valence electrons. The molecule has 0 aromatic carbocycles. The average molecular weight is 256 g/mol. The number of hydrogen-bond donors (Lipinski definition) is 3. The number of nitro groups is 1. The third-order valence-corrected chi connectivity index (χ3v) is 2.13. The second-order valence-electron chi connectivity index (χ2n) is 3.55. The van der Waals surface area contributed by atoms with Crippen molar-refractivity contribution < 1.29 is 19.6 Å². The lowest BCUT2D eigenvalue weighted by atomic mass is 10.1. The molecule has 1 rings (SSSR count). The van der Waals surface area contributed by atoms with Gasteiger partial charge in [-0.05, 0) is 0 Å². The Balaban J connectivity index is 2.50. The Kier molecular flexibility index (Phi) is 4.78. The van der Waals surface area contributed by atoms with Crippen molar-refractivity contribution in [2.24, 2.45) is 0 Å². The number of H-pyrrole nitrogens is 1. The first-order valence-electron chi connectivity index (χ1n) is 5.10. The van der Waals surface area contributed by atoms with E-state index < -0.39 is 29.4 Å². The van der Waals surface area contributed by atoms with Gasteiger partial charge in [0, 0.05) is 23.2 Å². The second kappa shape index (κ2) is 6.33. The Bertz CT molecular complexity index is 430. The smallest absolute Gasteiger partial charge is 0.326 e. The lowest BCUT2D eigenvalue weighted by Crippen LogP contribution is -2.42. The van der Waals surface area contributed by atoms with E-state index in [0.717, 1.165) is 0 Å². The van der Waals surface area contributed by atoms with E-state index in [2.05, 4.69) is 15.3 Å². The zero-order valence-corrected chi connectivity index (χ0v) is 9.33. The zero-order chi connectivity index (χ0) is 13.5. The number of imidazole rings is 1. The maximum atomic E-state index is 11.3. The van der Waals surface area contributed by atoms with E-state index in [9.17, 15) is 19.7 Å². The highest BCUT2D eigenvalue weighted by atomic mass is 16.6. The van der Waals surface area contributed by atoms with Crippen LogP contribution in [0.2, 0.25) is 0 Å². The van der Waals surface area contributed by atoms with Gasteiger partial charge in [-0.2, -0.15) is 0 Å². The SMILES string of the molecule is O=C(CC[N+](=O)[O-])N[C@@H](Cc1cnc[nH]1)C(=O)O. The van der Waals surface area contributed by atoms with Crippen LogP contribution in [0.5, 0.6) is 0 Å². The Morgan fingerprint density at radius 3 is 2.83 bits per heavy atom. The molecule has 1 heterocycles. The number of carbonyl (C=O) groups excluding carboxylic acids is 1. The molecule has 0 radical (unpaired) electrons. The van der Waals surface area contributed by atoms with Gasteiger partial charge in [0.05, 0.1) is 12.7 Å². The largest absolute Gasteiger partial charge is 0.480 e. The Hall–Kier alpha value is -2.45. The van der Waals surface area contributed by atoms with Gasteiger partial charge >= 0.3 is 5.97 Å². The van der Waals surface area contributed by atoms with Crippen molar-refractivity contribution in [1.29, 1.82) is 0 Å². The quantitative estimate of drug-likeness (QED) is 0.430. The molecule has 0 fully saturated rings. The summed E-state index contributed by atoms with van der Waals surface area (Å²) in [6.07, 6.45) is 2.53. The number of nitrogens with zero attached hydrogens (tertiary/aromatic N) is 2. The zero-order valence-electron chi connectivity index (χ0n) is 9.33. The lowest BCUT2D eigenvalue weighted by molar-refractivity contribution is -0.478. The maximum absolute atomic E-state index is 11.3. The number of carboxylic acids is 1. The third-order valence-electron chi connectivity index (χ3n) is 2.13. The summed E-state index contributed by atoms with van der Waals surface area (Å²) in [6.45, 7) is -0.526. The number of rotatable bonds is 7. The first-order chi connectivity index (χ1) is 8.49. The minimum absolute atomic E-state index is 0.0412. The maximum Gasteiger partial charge on any atom is 0.326 e. The van der Waals surface area contributed by atoms with Crippen LogP contribution >= 0.6 is 0 Å². The third kappa shape index (κ3) is 4.60. The lowest BCUT2D eigenvalue weighted by Gasteiger charge is -2.12. The van der Waals surface area contributed by atoms with Crippen LogP contribution in [-0.2, 0) is 16.0 Å². The first kappa shape index (κ1) is 13.6. The Morgan fingerprint density at radius 1 is 1.61 bits per heavy atom. The summed E-state index contributed by atoms with van der Waals surface area (Å²) in [5, 5.41) is 21.2. The van der Waals surface area contributed by atoms with Crippen LogP contribution in [0.3, 0.4) is 0 Å². The number of nitrogens with one attached hydrogen (secondary N) is 2. The average Bonchev–Trinajstić information content (AvgIpc) is 2.78. The number of hydrogen-bond acceptors (Lipinski definition) is 5. The molecular formula is C9H12N4O5. The van der Waals surface area contributed by atoms with Crippen molar-refractivity contribution in [2.75, 3.05) is 6.54 Å². The molecule has 18 heavy (non-hydrogen) atoms. The predicted molar refractivity (Wildman–Crippen MR) is 58.3 cm³/mol. The van der Waals surface area contributed by atoms with E-state index in [1.807, 2.05) is 0 Å². The van der Waals surface area contributed by atoms with E-state index in [1.165, 1.54) is 12.5 Å². The van der Waals surface area contributed by atoms with Crippen LogP contribution in [-0.4, -0.2) is 44.5 Å². The minimum Gasteiger partial charge on any atom is -0.480 e. The van der Waals surface area contributed by atoms with Gasteiger partial charge in [0.2, 0.25) is 12.5 Å². The molecule has 0 unspecified atom stereocenters. The van der Waals surface area contributed by atoms with E-state index in [0.29, 0.717) is 5.69 Å². The summed E-state index contributed by atoms with van der Waals surface area (Å²) >= 11 is 0. The fourth-order valence-corrected chi connectivity index (χ4v) is 1.28. The van der Waals surface area contributed by atoms with Crippen LogP contribution in [0.4, 0.5) is 0 Å². The highest BCUT2D eigenvalue weighted by Gasteiger charge is 2.21. The molecule has 1 aromatic heterocycles. The van der Waals surface area contributed by atoms with Crippen LogP contribution in [0.15, 0.2) is 12.5 Å². The van der Waals surface area contributed by atoms with Crippen LogP contribution < -0.4 is 5.32 Å². The van der Waals surface area contributed by atoms with Gasteiger partial charge in [0.1, 0.15) is 6.04 Å². The minimum atomic E-state index is -1.21. The van der Waals surface area contributed by atoms with Crippen molar-refractivity contribution >= 4 is 11.9 Å². The summed E-state index contributed by atoms with van der Waals surface area (Å²) in [5.41, 5.74) is 0.553. The van der Waals surface area contributed by atoms with Gasteiger partial charge in [0.25, 0.3) is 0 Å². The van der Waals surface area contributed by atoms with Crippen LogP contribution in [0.1, 0.15) is 12.1 Å². The van der Waals surface area contributed by atoms with Gasteiger partial charge in [0.15, 0.2) is 0 Å². The topological polar surface area (TPSA) is 138 Å². The molecule has 0 saturated carbocycles. The van der Waals surface area contributed by atoms with E-state index in [-0.39, 0.29) is 12.8 Å². The number of aliphatic carboxylic acids is 1. The predicted octanol–water partition coefficient (Wildman–Crippen LogP) is -0.812. The van der Waals surface area contributed by atoms with Crippen molar-refractivity contribution in [1.82, 2.24) is 15.3 Å². The van der Waals surface area contributed by atoms with Gasteiger partial charge in [-0.3, -0.25) is 14.9 Å². The number of aromatic nitrogens is 2. The molecule has 0 aliphatic carbocycles. The molecule has 0 spiro atoms. The van der Waals surface area contributed by atoms with Gasteiger partial charge in [-0.25, -0.2) is 9.78 Å². The highest BCUT2D eigenvalue weighted by Crippen LogP contribution is 1.99. The number of amides is 1.